The van der Waals surface area contributed by atoms with Crippen LogP contribution in [-0.2, 0) is 0 Å². The molecule has 0 saturated heterocycles. The van der Waals surface area contributed by atoms with Crippen molar-refractivity contribution in [1.29, 1.82) is 0 Å². The number of rotatable bonds is 2. The number of aliphatic hydroxyl groups is 1. The maximum absolute atomic E-state index is 11.0. The zero-order valence-electron chi connectivity index (χ0n) is 15.0. The molecule has 0 aromatic heterocycles. The number of hydrogen-bond donors (Lipinski definition) is 1. The molecule has 2 unspecified atom stereocenters. The Bertz CT molecular complexity index is 412. The highest BCUT2D eigenvalue weighted by Gasteiger charge is 2.57. The third-order valence-corrected chi connectivity index (χ3v) is 4.91. The molecule has 1 aliphatic rings. The lowest BCUT2D eigenvalue weighted by Crippen LogP contribution is -2.56. The van der Waals surface area contributed by atoms with Crippen LogP contribution in [-0.4, -0.2) is 11.2 Å². The third-order valence-electron chi connectivity index (χ3n) is 4.91. The summed E-state index contributed by atoms with van der Waals surface area (Å²) in [6.45, 7) is 20.3. The Labute approximate surface area is 126 Å². The minimum atomic E-state index is -0.412. The van der Waals surface area contributed by atoms with Crippen LogP contribution >= 0.6 is 0 Å². The average Bonchev–Trinajstić information content (AvgIpc) is 2.16. The van der Waals surface area contributed by atoms with Crippen LogP contribution < -0.4 is 0 Å². The van der Waals surface area contributed by atoms with Crippen LogP contribution in [0.25, 0.3) is 0 Å². The van der Waals surface area contributed by atoms with E-state index in [9.17, 15) is 5.11 Å². The van der Waals surface area contributed by atoms with Gasteiger partial charge in [-0.25, -0.2) is 0 Å². The number of hydrogen-bond acceptors (Lipinski definition) is 1. The van der Waals surface area contributed by atoms with Gasteiger partial charge in [-0.1, -0.05) is 73.6 Å². The van der Waals surface area contributed by atoms with E-state index in [2.05, 4.69) is 67.5 Å². The summed E-state index contributed by atoms with van der Waals surface area (Å²) < 4.78 is 0. The van der Waals surface area contributed by atoms with Gasteiger partial charge in [0.05, 0.1) is 6.10 Å². The zero-order chi connectivity index (χ0) is 16.0. The lowest BCUT2D eigenvalue weighted by atomic mass is 9.47. The molecule has 1 N–H and O–H groups in total. The molecule has 20 heavy (non-hydrogen) atoms. The van der Waals surface area contributed by atoms with Gasteiger partial charge in [0.1, 0.15) is 0 Å². The first kappa shape index (κ1) is 17.5. The highest BCUT2D eigenvalue weighted by molar-refractivity contribution is 5.32. The molecule has 1 heteroatoms. The first-order chi connectivity index (χ1) is 8.75. The van der Waals surface area contributed by atoms with Gasteiger partial charge in [0.2, 0.25) is 0 Å². The van der Waals surface area contributed by atoms with Crippen LogP contribution in [0.3, 0.4) is 0 Å². The Morgan fingerprint density at radius 3 is 1.95 bits per heavy atom. The van der Waals surface area contributed by atoms with Crippen LogP contribution in [0.1, 0.15) is 68.7 Å². The van der Waals surface area contributed by atoms with Crippen LogP contribution in [0.5, 0.6) is 0 Å². The second-order valence-electron chi connectivity index (χ2n) is 9.41. The molecule has 0 heterocycles. The highest BCUT2D eigenvalue weighted by Crippen LogP contribution is 2.60. The summed E-state index contributed by atoms with van der Waals surface area (Å²) in [6, 6.07) is 0. The van der Waals surface area contributed by atoms with E-state index in [1.54, 1.807) is 0 Å². The third kappa shape index (κ3) is 2.88. The van der Waals surface area contributed by atoms with Crippen LogP contribution in [0.15, 0.2) is 23.8 Å². The predicted octanol–water partition coefficient (Wildman–Crippen LogP) is 5.36. The van der Waals surface area contributed by atoms with E-state index < -0.39 is 6.10 Å². The van der Waals surface area contributed by atoms with Crippen molar-refractivity contribution >= 4 is 0 Å². The number of allylic oxidation sites excluding steroid dienone is 2. The van der Waals surface area contributed by atoms with Crippen molar-refractivity contribution in [2.45, 2.75) is 74.8 Å². The molecule has 0 spiro atoms. The SMILES string of the molecule is CC1=CC=CC(C(C)(C)C)(C(C)(C)CC(C)(C)C)C1O. The summed E-state index contributed by atoms with van der Waals surface area (Å²) in [4.78, 5) is 0. The van der Waals surface area contributed by atoms with Crippen molar-refractivity contribution < 1.29 is 5.11 Å². The Hall–Kier alpha value is -0.560. The molecule has 0 bridgehead atoms. The molecule has 0 aliphatic heterocycles. The predicted molar refractivity (Wildman–Crippen MR) is 88.6 cm³/mol. The molecular weight excluding hydrogens is 244 g/mol. The monoisotopic (exact) mass is 278 g/mol. The Balaban J connectivity index is 3.42. The van der Waals surface area contributed by atoms with Crippen LogP contribution in [0.4, 0.5) is 0 Å². The second kappa shape index (κ2) is 5.02. The fourth-order valence-corrected chi connectivity index (χ4v) is 4.64. The summed E-state index contributed by atoms with van der Waals surface area (Å²) in [5, 5.41) is 11.0. The minimum absolute atomic E-state index is 0.00676. The molecule has 1 aliphatic carbocycles. The lowest BCUT2D eigenvalue weighted by Gasteiger charge is -2.58. The van der Waals surface area contributed by atoms with Crippen molar-refractivity contribution in [3.8, 4) is 0 Å². The standard InChI is InChI=1S/C19H34O/c1-14-11-10-12-19(15(14)20,17(5,6)7)18(8,9)13-16(2,3)4/h10-12,15,20H,13H2,1-9H3. The molecule has 116 valence electrons. The topological polar surface area (TPSA) is 20.2 Å². The quantitative estimate of drug-likeness (QED) is 0.721. The van der Waals surface area contributed by atoms with Gasteiger partial charge in [0.15, 0.2) is 0 Å². The van der Waals surface area contributed by atoms with Gasteiger partial charge in [-0.15, -0.1) is 0 Å². The van der Waals surface area contributed by atoms with Gasteiger partial charge in [-0.2, -0.15) is 0 Å². The normalized spacial score (nSPS) is 28.5. The molecule has 0 saturated carbocycles. The first-order valence-corrected chi connectivity index (χ1v) is 7.79. The van der Waals surface area contributed by atoms with Gasteiger partial charge in [-0.3, -0.25) is 0 Å². The second-order valence-corrected chi connectivity index (χ2v) is 9.41. The van der Waals surface area contributed by atoms with Crippen molar-refractivity contribution in [1.82, 2.24) is 0 Å². The molecule has 0 amide bonds. The summed E-state index contributed by atoms with van der Waals surface area (Å²) in [5.74, 6) is 0. The van der Waals surface area contributed by atoms with E-state index in [-0.39, 0.29) is 21.7 Å². The average molecular weight is 278 g/mol. The van der Waals surface area contributed by atoms with E-state index >= 15 is 0 Å². The fourth-order valence-electron chi connectivity index (χ4n) is 4.64. The van der Waals surface area contributed by atoms with Crippen molar-refractivity contribution in [3.05, 3.63) is 23.8 Å². The van der Waals surface area contributed by atoms with E-state index in [1.165, 1.54) is 0 Å². The van der Waals surface area contributed by atoms with Gasteiger partial charge in [0.25, 0.3) is 0 Å². The molecule has 1 nitrogen and oxygen atoms in total. The molecule has 0 fully saturated rings. The fraction of sp³-hybridized carbons (Fsp3) is 0.789. The van der Waals surface area contributed by atoms with Crippen molar-refractivity contribution in [3.63, 3.8) is 0 Å². The molecular formula is C19H34O. The maximum atomic E-state index is 11.0. The van der Waals surface area contributed by atoms with Gasteiger partial charge in [-0.05, 0) is 35.2 Å². The smallest absolute Gasteiger partial charge is 0.0851 e. The summed E-state index contributed by atoms with van der Waals surface area (Å²) in [7, 11) is 0. The van der Waals surface area contributed by atoms with Gasteiger partial charge < -0.3 is 5.11 Å². The van der Waals surface area contributed by atoms with E-state index in [4.69, 9.17) is 0 Å². The molecule has 1 rings (SSSR count). The summed E-state index contributed by atoms with van der Waals surface area (Å²) in [5.41, 5.74) is 1.07. The van der Waals surface area contributed by atoms with Gasteiger partial charge in [0, 0.05) is 5.41 Å². The zero-order valence-corrected chi connectivity index (χ0v) is 15.0. The maximum Gasteiger partial charge on any atom is 0.0851 e. The Morgan fingerprint density at radius 2 is 1.55 bits per heavy atom. The molecule has 2 atom stereocenters. The molecule has 0 radical (unpaired) electrons. The molecule has 0 aromatic carbocycles. The Kier molecular flexibility index (Phi) is 4.39. The van der Waals surface area contributed by atoms with Crippen molar-refractivity contribution in [2.75, 3.05) is 0 Å². The lowest BCUT2D eigenvalue weighted by molar-refractivity contribution is -0.0981. The highest BCUT2D eigenvalue weighted by atomic mass is 16.3. The summed E-state index contributed by atoms with van der Waals surface area (Å²) >= 11 is 0. The van der Waals surface area contributed by atoms with E-state index in [1.807, 2.05) is 13.0 Å². The van der Waals surface area contributed by atoms with E-state index in [0.29, 0.717) is 0 Å². The van der Waals surface area contributed by atoms with Crippen molar-refractivity contribution in [2.24, 2.45) is 21.7 Å². The largest absolute Gasteiger partial charge is 0.388 e. The molecule has 0 aromatic rings. The minimum Gasteiger partial charge on any atom is -0.388 e. The number of aliphatic hydroxyl groups excluding tert-OH is 1. The van der Waals surface area contributed by atoms with Crippen LogP contribution in [0.2, 0.25) is 0 Å². The Morgan fingerprint density at radius 1 is 1.05 bits per heavy atom. The van der Waals surface area contributed by atoms with Gasteiger partial charge >= 0.3 is 0 Å². The first-order valence-electron chi connectivity index (χ1n) is 7.79. The summed E-state index contributed by atoms with van der Waals surface area (Å²) in [6.07, 6.45) is 7.10. The van der Waals surface area contributed by atoms with Crippen LogP contribution in [0, 0.1) is 21.7 Å². The van der Waals surface area contributed by atoms with E-state index in [0.717, 1.165) is 12.0 Å².